The van der Waals surface area contributed by atoms with Gasteiger partial charge in [-0.3, -0.25) is 20.0 Å². The van der Waals surface area contributed by atoms with Gasteiger partial charge in [0.2, 0.25) is 5.91 Å². The number of benzene rings is 2. The number of guanidine groups is 1. The Morgan fingerprint density at radius 2 is 1.79 bits per heavy atom. The molecule has 1 aliphatic heterocycles. The van der Waals surface area contributed by atoms with Gasteiger partial charge in [0.15, 0.2) is 5.96 Å². The average molecular weight is 666 g/mol. The van der Waals surface area contributed by atoms with E-state index in [1.165, 1.54) is 24.9 Å². The number of likely N-dealkylation sites (N-methyl/N-ethyl adjacent to an activating group) is 1. The molecular weight excluding hydrogens is 615 g/mol. The fourth-order valence-corrected chi connectivity index (χ4v) is 5.05. The van der Waals surface area contributed by atoms with Crippen LogP contribution in [-0.2, 0) is 27.3 Å². The van der Waals surface area contributed by atoms with Crippen molar-refractivity contribution < 1.29 is 37.3 Å². The normalized spacial score (nSPS) is 15.2. The maximum atomic E-state index is 12.4. The van der Waals surface area contributed by atoms with Crippen molar-refractivity contribution in [1.29, 1.82) is 0 Å². The van der Waals surface area contributed by atoms with Gasteiger partial charge in [-0.2, -0.15) is 13.2 Å². The minimum Gasteiger partial charge on any atom is -0.493 e. The maximum absolute atomic E-state index is 12.4. The molecule has 13 heteroatoms. The lowest BCUT2D eigenvalue weighted by Gasteiger charge is -2.23. The zero-order chi connectivity index (χ0) is 34.7. The third-order valence-electron chi connectivity index (χ3n) is 7.62. The number of amides is 1. The van der Waals surface area contributed by atoms with Gasteiger partial charge in [-0.15, -0.1) is 0 Å². The minimum atomic E-state index is -5.08. The van der Waals surface area contributed by atoms with Gasteiger partial charge in [0.1, 0.15) is 5.75 Å². The second kappa shape index (κ2) is 21.2. The zero-order valence-corrected chi connectivity index (χ0v) is 27.7. The van der Waals surface area contributed by atoms with Crippen molar-refractivity contribution in [1.82, 2.24) is 15.5 Å². The lowest BCUT2D eigenvalue weighted by atomic mass is 9.99. The van der Waals surface area contributed by atoms with Crippen LogP contribution in [-0.4, -0.2) is 86.6 Å². The van der Waals surface area contributed by atoms with Crippen molar-refractivity contribution in [3.63, 3.8) is 0 Å². The number of rotatable bonds is 17. The number of methoxy groups -OCH3 is 1. The number of alkyl halides is 3. The molecule has 0 bridgehead atoms. The second-order valence-electron chi connectivity index (χ2n) is 11.2. The molecule has 0 radical (unpaired) electrons. The monoisotopic (exact) mass is 665 g/mol. The zero-order valence-electron chi connectivity index (χ0n) is 27.7. The van der Waals surface area contributed by atoms with Crippen LogP contribution in [0.1, 0.15) is 63.5 Å². The van der Waals surface area contributed by atoms with Crippen LogP contribution in [0.5, 0.6) is 5.75 Å². The number of carboxylic acid groups (broad SMARTS) is 1. The number of nitrogens with two attached hydrogens (primary N) is 1. The number of hydrogen-bond acceptors (Lipinski definition) is 7. The van der Waals surface area contributed by atoms with Crippen LogP contribution in [0.15, 0.2) is 47.5 Å². The van der Waals surface area contributed by atoms with E-state index in [9.17, 15) is 18.0 Å². The first-order valence-electron chi connectivity index (χ1n) is 16.2. The van der Waals surface area contributed by atoms with Crippen molar-refractivity contribution in [3.05, 3.63) is 53.6 Å². The maximum Gasteiger partial charge on any atom is 0.490 e. The first kappa shape index (κ1) is 39.5. The Morgan fingerprint density at radius 1 is 1.09 bits per heavy atom. The number of ether oxygens (including phenoxy) is 2. The minimum absolute atomic E-state index is 0.135. The quantitative estimate of drug-likeness (QED) is 0.104. The van der Waals surface area contributed by atoms with E-state index in [-0.39, 0.29) is 11.9 Å². The summed E-state index contributed by atoms with van der Waals surface area (Å²) in [6, 6.07) is 15.6. The third kappa shape index (κ3) is 15.2. The Hall–Kier alpha value is -3.68. The van der Waals surface area contributed by atoms with Crippen LogP contribution in [0.2, 0.25) is 0 Å². The molecule has 5 N–H and O–H groups in total. The SMILES string of the molecule is CCCCN=C(N)NC(=O)CCc1ccc(-c2ccc(CNCC3CCCN3CC)cc2)c(OCCCOC)c1.O=C(O)C(F)(F)F. The molecule has 0 saturated carbocycles. The fourth-order valence-electron chi connectivity index (χ4n) is 5.05. The standard InChI is InChI=1S/C32H49N5O3.C2HF3O2/c1-4-6-18-35-32(33)36-31(38)17-13-25-12-16-29(30(22-25)40-21-8-20-39-3)27-14-10-26(11-15-27)23-34-24-28-9-7-19-37(28)5-2;3-2(4,5)1(6)7/h10-12,14-16,22,28,34H,4-9,13,17-21,23-24H2,1-3H3,(H3,33,35,36,38);(H,6,7). The molecule has 47 heavy (non-hydrogen) atoms. The highest BCUT2D eigenvalue weighted by Crippen LogP contribution is 2.32. The summed E-state index contributed by atoms with van der Waals surface area (Å²) in [5.41, 5.74) is 10.3. The summed E-state index contributed by atoms with van der Waals surface area (Å²) >= 11 is 0. The number of carbonyl (C=O) groups is 2. The first-order valence-corrected chi connectivity index (χ1v) is 16.2. The molecule has 3 rings (SSSR count). The number of hydrogen-bond donors (Lipinski definition) is 4. The van der Waals surface area contributed by atoms with Gasteiger partial charge in [0.25, 0.3) is 0 Å². The van der Waals surface area contributed by atoms with E-state index >= 15 is 0 Å². The number of aliphatic carboxylic acids is 1. The van der Waals surface area contributed by atoms with Gasteiger partial charge in [-0.25, -0.2) is 4.79 Å². The van der Waals surface area contributed by atoms with Gasteiger partial charge in [0, 0.05) is 57.8 Å². The summed E-state index contributed by atoms with van der Waals surface area (Å²) in [4.78, 5) is 28.0. The smallest absolute Gasteiger partial charge is 0.490 e. The van der Waals surface area contributed by atoms with Crippen molar-refractivity contribution in [2.45, 2.75) is 77.6 Å². The lowest BCUT2D eigenvalue weighted by molar-refractivity contribution is -0.192. The van der Waals surface area contributed by atoms with Crippen molar-refractivity contribution >= 4 is 17.8 Å². The summed E-state index contributed by atoms with van der Waals surface area (Å²) in [5.74, 6) is -1.88. The van der Waals surface area contributed by atoms with Crippen LogP contribution >= 0.6 is 0 Å². The predicted molar refractivity (Wildman–Crippen MR) is 177 cm³/mol. The van der Waals surface area contributed by atoms with Crippen molar-refractivity contribution in [3.8, 4) is 16.9 Å². The van der Waals surface area contributed by atoms with Crippen LogP contribution in [0.25, 0.3) is 11.1 Å². The molecular formula is C34H50F3N5O5. The Labute approximate surface area is 275 Å². The summed E-state index contributed by atoms with van der Waals surface area (Å²) < 4.78 is 43.1. The van der Waals surface area contributed by atoms with Crippen molar-refractivity contribution in [2.75, 3.05) is 46.5 Å². The average Bonchev–Trinajstić information content (AvgIpc) is 3.50. The molecule has 2 aromatic rings. The molecule has 0 aliphatic carbocycles. The number of carboxylic acids is 1. The molecule has 1 aliphatic rings. The highest BCUT2D eigenvalue weighted by atomic mass is 19.4. The molecule has 1 heterocycles. The van der Waals surface area contributed by atoms with Gasteiger partial charge < -0.3 is 25.6 Å². The number of carbonyl (C=O) groups excluding carboxylic acids is 1. The number of halogens is 3. The Balaban J connectivity index is 0.000000984. The molecule has 1 fully saturated rings. The largest absolute Gasteiger partial charge is 0.493 e. The Morgan fingerprint density at radius 3 is 2.43 bits per heavy atom. The Bertz CT molecular complexity index is 1260. The molecule has 1 saturated heterocycles. The first-order chi connectivity index (χ1) is 22.5. The molecule has 1 unspecified atom stereocenters. The summed E-state index contributed by atoms with van der Waals surface area (Å²) in [5, 5.41) is 13.5. The lowest BCUT2D eigenvalue weighted by Crippen LogP contribution is -2.37. The summed E-state index contributed by atoms with van der Waals surface area (Å²) in [7, 11) is 1.70. The van der Waals surface area contributed by atoms with Crippen LogP contribution in [0.3, 0.4) is 0 Å². The number of nitrogens with zero attached hydrogens (tertiary/aromatic N) is 2. The molecule has 1 atom stereocenters. The highest BCUT2D eigenvalue weighted by molar-refractivity contribution is 5.96. The Kier molecular flexibility index (Phi) is 17.9. The predicted octanol–water partition coefficient (Wildman–Crippen LogP) is 5.14. The summed E-state index contributed by atoms with van der Waals surface area (Å²) in [6.45, 7) is 10.4. The molecule has 0 spiro atoms. The van der Waals surface area contributed by atoms with E-state index in [0.29, 0.717) is 38.6 Å². The van der Waals surface area contributed by atoms with E-state index < -0.39 is 12.1 Å². The van der Waals surface area contributed by atoms with Gasteiger partial charge >= 0.3 is 12.1 Å². The third-order valence-corrected chi connectivity index (χ3v) is 7.62. The number of aryl methyl sites for hydroxylation is 1. The number of unbranched alkanes of at least 4 members (excludes halogenated alkanes) is 1. The van der Waals surface area contributed by atoms with Crippen LogP contribution in [0, 0.1) is 0 Å². The fraction of sp³-hybridized carbons (Fsp3) is 0.559. The van der Waals surface area contributed by atoms with E-state index in [4.69, 9.17) is 25.1 Å². The van der Waals surface area contributed by atoms with Crippen LogP contribution in [0.4, 0.5) is 13.2 Å². The van der Waals surface area contributed by atoms with Crippen molar-refractivity contribution in [2.24, 2.45) is 10.7 Å². The van der Waals surface area contributed by atoms with Gasteiger partial charge in [0.05, 0.1) is 6.61 Å². The van der Waals surface area contributed by atoms with E-state index in [1.54, 1.807) is 7.11 Å². The van der Waals surface area contributed by atoms with E-state index in [1.807, 2.05) is 6.07 Å². The number of likely N-dealkylation sites (tertiary alicyclic amines) is 1. The van der Waals surface area contributed by atoms with Gasteiger partial charge in [-0.05, 0) is 61.5 Å². The molecule has 2 aromatic carbocycles. The second-order valence-corrected chi connectivity index (χ2v) is 11.2. The summed E-state index contributed by atoms with van der Waals surface area (Å²) in [6.07, 6.45) is 1.22. The number of aliphatic imine (C=N–C) groups is 1. The number of nitrogens with one attached hydrogen (secondary N) is 2. The van der Waals surface area contributed by atoms with E-state index in [2.05, 4.69) is 70.8 Å². The topological polar surface area (TPSA) is 139 Å². The van der Waals surface area contributed by atoms with E-state index in [0.717, 1.165) is 61.3 Å². The molecule has 0 aromatic heterocycles. The molecule has 262 valence electrons. The van der Waals surface area contributed by atoms with Crippen LogP contribution < -0.4 is 21.1 Å². The van der Waals surface area contributed by atoms with Gasteiger partial charge in [-0.1, -0.05) is 56.7 Å². The molecule has 10 nitrogen and oxygen atoms in total. The highest BCUT2D eigenvalue weighted by Gasteiger charge is 2.38. The molecule has 1 amide bonds.